The summed E-state index contributed by atoms with van der Waals surface area (Å²) < 4.78 is 0. The molecule has 200 valence electrons. The standard InChI is InChI=1S/C34H46Cl2Si/c1-17(2)23-13-25(19(5)6)29-27(15-23)33(21(9)31(29)35)37(11,12)34-22(10)32(36)30-26(20(7)8)14-24(18(3)4)16-28(30)34/h13-20,33-34H,1-12H3. The molecule has 2 aliphatic rings. The van der Waals surface area contributed by atoms with E-state index >= 15 is 0 Å². The van der Waals surface area contributed by atoms with Crippen LogP contribution in [0.2, 0.25) is 13.1 Å². The minimum atomic E-state index is -2.06. The Morgan fingerprint density at radius 1 is 0.568 bits per heavy atom. The van der Waals surface area contributed by atoms with Crippen molar-refractivity contribution >= 4 is 41.3 Å². The van der Waals surface area contributed by atoms with Crippen molar-refractivity contribution in [3.8, 4) is 0 Å². The van der Waals surface area contributed by atoms with Crippen molar-refractivity contribution < 1.29 is 0 Å². The van der Waals surface area contributed by atoms with Crippen molar-refractivity contribution in [1.82, 2.24) is 0 Å². The number of benzene rings is 2. The molecule has 0 saturated carbocycles. The van der Waals surface area contributed by atoms with Gasteiger partial charge in [-0.3, -0.25) is 0 Å². The molecule has 2 unspecified atom stereocenters. The average Bonchev–Trinajstić information content (AvgIpc) is 3.22. The summed E-state index contributed by atoms with van der Waals surface area (Å²) in [5.74, 6) is 1.84. The van der Waals surface area contributed by atoms with Gasteiger partial charge in [-0.05, 0) is 93.2 Å². The van der Waals surface area contributed by atoms with Gasteiger partial charge in [0.1, 0.15) is 0 Å². The summed E-state index contributed by atoms with van der Waals surface area (Å²) in [5.41, 5.74) is 14.7. The lowest BCUT2D eigenvalue weighted by molar-refractivity contribution is 0.822. The lowest BCUT2D eigenvalue weighted by Crippen LogP contribution is -2.42. The summed E-state index contributed by atoms with van der Waals surface area (Å²) in [6, 6.07) is 9.81. The molecule has 0 aliphatic heterocycles. The molecule has 0 N–H and O–H groups in total. The maximum absolute atomic E-state index is 7.24. The van der Waals surface area contributed by atoms with Gasteiger partial charge in [0, 0.05) is 21.1 Å². The van der Waals surface area contributed by atoms with Crippen LogP contribution < -0.4 is 0 Å². The molecule has 0 bridgehead atoms. The largest absolute Gasteiger partial charge is 0.0837 e. The summed E-state index contributed by atoms with van der Waals surface area (Å²) in [4.78, 5) is 0. The SMILES string of the molecule is CC1=C(Cl)c2c(C(C)C)cc(C(C)C)cc2C1[Si](C)(C)C1C(C)=C(Cl)c2c(C(C)C)cc(C(C)C)cc21. The second-order valence-electron chi connectivity index (χ2n) is 13.4. The van der Waals surface area contributed by atoms with Gasteiger partial charge < -0.3 is 0 Å². The number of hydrogen-bond donors (Lipinski definition) is 0. The van der Waals surface area contributed by atoms with E-state index in [0.717, 1.165) is 10.1 Å². The highest BCUT2D eigenvalue weighted by molar-refractivity contribution is 6.82. The Bertz CT molecular complexity index is 1200. The first kappa shape index (κ1) is 28.7. The molecule has 0 nitrogen and oxygen atoms in total. The third-order valence-corrected chi connectivity index (χ3v) is 14.6. The first-order chi connectivity index (χ1) is 17.1. The molecule has 3 heteroatoms. The van der Waals surface area contributed by atoms with Crippen LogP contribution in [0.3, 0.4) is 0 Å². The van der Waals surface area contributed by atoms with E-state index in [1.165, 1.54) is 55.7 Å². The Kier molecular flexibility index (Phi) is 7.79. The maximum atomic E-state index is 7.24. The highest BCUT2D eigenvalue weighted by atomic mass is 35.5. The Morgan fingerprint density at radius 2 is 0.892 bits per heavy atom. The molecule has 0 amide bonds. The Morgan fingerprint density at radius 3 is 1.16 bits per heavy atom. The van der Waals surface area contributed by atoms with Crippen molar-refractivity contribution in [3.63, 3.8) is 0 Å². The van der Waals surface area contributed by atoms with Crippen LogP contribution in [0.5, 0.6) is 0 Å². The Hall–Kier alpha value is -1.28. The maximum Gasteiger partial charge on any atom is 0.0723 e. The second-order valence-corrected chi connectivity index (χ2v) is 19.0. The van der Waals surface area contributed by atoms with Crippen LogP contribution in [0.15, 0.2) is 35.4 Å². The highest BCUT2D eigenvalue weighted by Gasteiger charge is 2.50. The van der Waals surface area contributed by atoms with E-state index in [9.17, 15) is 0 Å². The zero-order chi connectivity index (χ0) is 27.7. The summed E-state index contributed by atoms with van der Waals surface area (Å²) in [7, 11) is -2.06. The molecule has 0 fully saturated rings. The topological polar surface area (TPSA) is 0 Å². The van der Waals surface area contributed by atoms with Gasteiger partial charge in [0.25, 0.3) is 0 Å². The van der Waals surface area contributed by atoms with Crippen molar-refractivity contribution in [1.29, 1.82) is 0 Å². The van der Waals surface area contributed by atoms with Gasteiger partial charge in [0.2, 0.25) is 0 Å². The molecule has 0 spiro atoms. The van der Waals surface area contributed by atoms with E-state index in [1.54, 1.807) is 0 Å². The van der Waals surface area contributed by atoms with Crippen LogP contribution in [0.4, 0.5) is 0 Å². The zero-order valence-electron chi connectivity index (χ0n) is 25.0. The van der Waals surface area contributed by atoms with E-state index in [2.05, 4.69) is 107 Å². The van der Waals surface area contributed by atoms with Crippen LogP contribution in [-0.2, 0) is 0 Å². The highest BCUT2D eigenvalue weighted by Crippen LogP contribution is 2.59. The predicted octanol–water partition coefficient (Wildman–Crippen LogP) is 11.8. The van der Waals surface area contributed by atoms with Gasteiger partial charge in [0.05, 0.1) is 8.07 Å². The quantitative estimate of drug-likeness (QED) is 0.312. The monoisotopic (exact) mass is 552 g/mol. The van der Waals surface area contributed by atoms with Gasteiger partial charge in [-0.1, -0.05) is 116 Å². The lowest BCUT2D eigenvalue weighted by Gasteiger charge is -2.39. The van der Waals surface area contributed by atoms with Crippen molar-refractivity contribution in [2.45, 2.75) is 117 Å². The lowest BCUT2D eigenvalue weighted by atomic mass is 9.89. The number of allylic oxidation sites excluding steroid dienone is 2. The molecule has 0 heterocycles. The van der Waals surface area contributed by atoms with Gasteiger partial charge in [-0.2, -0.15) is 0 Å². The van der Waals surface area contributed by atoms with Gasteiger partial charge in [-0.15, -0.1) is 0 Å². The summed E-state index contributed by atoms with van der Waals surface area (Å²) in [5, 5.41) is 1.98. The van der Waals surface area contributed by atoms with Crippen LogP contribution in [0.25, 0.3) is 10.1 Å². The van der Waals surface area contributed by atoms with E-state index in [0.29, 0.717) is 34.8 Å². The summed E-state index contributed by atoms with van der Waals surface area (Å²) in [6.07, 6.45) is 0. The zero-order valence-corrected chi connectivity index (χ0v) is 27.5. The normalized spacial score (nSPS) is 19.8. The summed E-state index contributed by atoms with van der Waals surface area (Å²) in [6.45, 7) is 28.2. The van der Waals surface area contributed by atoms with Crippen LogP contribution in [0, 0.1) is 0 Å². The fourth-order valence-corrected chi connectivity index (χ4v) is 12.9. The molecule has 0 saturated heterocycles. The smallest absolute Gasteiger partial charge is 0.0723 e. The van der Waals surface area contributed by atoms with Crippen LogP contribution in [0.1, 0.15) is 148 Å². The molecule has 4 rings (SSSR count). The molecule has 2 aromatic rings. The first-order valence-electron chi connectivity index (χ1n) is 14.2. The van der Waals surface area contributed by atoms with Crippen LogP contribution >= 0.6 is 23.2 Å². The third kappa shape index (κ3) is 4.52. The number of fused-ring (bicyclic) bond motifs is 2. The van der Waals surface area contributed by atoms with Crippen molar-refractivity contribution in [2.75, 3.05) is 0 Å². The molecule has 0 radical (unpaired) electrons. The molecular formula is C34H46Cl2Si. The third-order valence-electron chi connectivity index (χ3n) is 9.13. The fraction of sp³-hybridized carbons (Fsp3) is 0.529. The minimum absolute atomic E-state index is 0.367. The predicted molar refractivity (Wildman–Crippen MR) is 169 cm³/mol. The second kappa shape index (κ2) is 10.0. The Balaban J connectivity index is 1.99. The van der Waals surface area contributed by atoms with E-state index < -0.39 is 8.07 Å². The molecule has 2 aromatic carbocycles. The average molecular weight is 554 g/mol. The summed E-state index contributed by atoms with van der Waals surface area (Å²) >= 11 is 14.5. The molecule has 37 heavy (non-hydrogen) atoms. The van der Waals surface area contributed by atoms with Crippen molar-refractivity contribution in [2.24, 2.45) is 0 Å². The van der Waals surface area contributed by atoms with E-state index in [4.69, 9.17) is 23.2 Å². The molecule has 2 atom stereocenters. The molecule has 0 aromatic heterocycles. The minimum Gasteiger partial charge on any atom is -0.0837 e. The van der Waals surface area contributed by atoms with Gasteiger partial charge >= 0.3 is 0 Å². The van der Waals surface area contributed by atoms with Crippen LogP contribution in [-0.4, -0.2) is 8.07 Å². The first-order valence-corrected chi connectivity index (χ1v) is 18.1. The number of halogens is 2. The van der Waals surface area contributed by atoms with Crippen molar-refractivity contribution in [3.05, 3.63) is 79.9 Å². The van der Waals surface area contributed by atoms with E-state index in [-0.39, 0.29) is 0 Å². The van der Waals surface area contributed by atoms with Gasteiger partial charge in [0.15, 0.2) is 0 Å². The number of hydrogen-bond acceptors (Lipinski definition) is 0. The van der Waals surface area contributed by atoms with E-state index in [1.807, 2.05) is 0 Å². The fourth-order valence-electron chi connectivity index (χ4n) is 7.16. The molecular weight excluding hydrogens is 507 g/mol. The van der Waals surface area contributed by atoms with Gasteiger partial charge in [-0.25, -0.2) is 0 Å². The molecule has 2 aliphatic carbocycles. The number of rotatable bonds is 6. The Labute approximate surface area is 237 Å².